The van der Waals surface area contributed by atoms with Crippen molar-refractivity contribution in [1.29, 1.82) is 0 Å². The van der Waals surface area contributed by atoms with E-state index in [4.69, 9.17) is 4.74 Å². The van der Waals surface area contributed by atoms with E-state index in [1.54, 1.807) is 54.9 Å². The Morgan fingerprint density at radius 1 is 1.15 bits per heavy atom. The molecule has 6 heteroatoms. The molecule has 33 heavy (non-hydrogen) atoms. The minimum atomic E-state index is -0.828. The van der Waals surface area contributed by atoms with Crippen LogP contribution in [-0.4, -0.2) is 23.2 Å². The summed E-state index contributed by atoms with van der Waals surface area (Å²) in [5.74, 6) is -1.35. The van der Waals surface area contributed by atoms with E-state index in [0.717, 1.165) is 11.1 Å². The minimum absolute atomic E-state index is 0.0513. The van der Waals surface area contributed by atoms with Crippen LogP contribution in [0.2, 0.25) is 0 Å². The van der Waals surface area contributed by atoms with E-state index in [-0.39, 0.29) is 12.1 Å². The van der Waals surface area contributed by atoms with Crippen LogP contribution in [-0.2, 0) is 16.1 Å². The van der Waals surface area contributed by atoms with Gasteiger partial charge in [0.2, 0.25) is 5.78 Å². The van der Waals surface area contributed by atoms with Gasteiger partial charge in [-0.1, -0.05) is 60.4 Å². The number of H-pyrrole nitrogens is 1. The van der Waals surface area contributed by atoms with Gasteiger partial charge in [0.25, 0.3) is 5.91 Å². The van der Waals surface area contributed by atoms with Crippen molar-refractivity contribution in [2.45, 2.75) is 19.5 Å². The molecule has 1 atom stereocenters. The Labute approximate surface area is 192 Å². The Morgan fingerprint density at radius 3 is 2.64 bits per heavy atom. The molecule has 1 aliphatic rings. The molecule has 1 unspecified atom stereocenters. The molecule has 1 amide bonds. The molecule has 2 heterocycles. The van der Waals surface area contributed by atoms with Crippen molar-refractivity contribution in [3.63, 3.8) is 0 Å². The van der Waals surface area contributed by atoms with Crippen LogP contribution in [0.3, 0.4) is 0 Å². The predicted molar refractivity (Wildman–Crippen MR) is 122 cm³/mol. The van der Waals surface area contributed by atoms with Crippen molar-refractivity contribution in [1.82, 2.24) is 4.90 Å². The standard InChI is InChI=1S/C27H24N2O4/c1-3-14-33-22-8-4-7-21(15-22)24-23(25(30)20-11-9-18(2)10-12-20)26(31)27(32)29(24)17-19-6-5-13-28-16-19/h3-13,15-16,24,30H,1,14,17H2,2H3. The van der Waals surface area contributed by atoms with Gasteiger partial charge in [0.15, 0.2) is 12.4 Å². The molecule has 1 fully saturated rings. The van der Waals surface area contributed by atoms with Crippen molar-refractivity contribution >= 4 is 17.4 Å². The van der Waals surface area contributed by atoms with Crippen LogP contribution in [0.1, 0.15) is 28.3 Å². The first kappa shape index (κ1) is 22.0. The van der Waals surface area contributed by atoms with E-state index in [2.05, 4.69) is 11.6 Å². The number of hydrogen-bond donors (Lipinski definition) is 0. The Hall–Kier alpha value is -4.19. The molecule has 6 nitrogen and oxygen atoms in total. The number of carbonyl (C=O) groups is 2. The zero-order chi connectivity index (χ0) is 23.4. The Balaban J connectivity index is 1.84. The number of likely N-dealkylation sites (tertiary alicyclic amines) is 1. The quantitative estimate of drug-likeness (QED) is 0.245. The van der Waals surface area contributed by atoms with Gasteiger partial charge in [-0.25, -0.2) is 4.98 Å². The molecule has 0 bridgehead atoms. The van der Waals surface area contributed by atoms with E-state index < -0.39 is 23.5 Å². The first-order valence-electron chi connectivity index (χ1n) is 10.6. The number of nitrogens with one attached hydrogen (secondary N) is 1. The summed E-state index contributed by atoms with van der Waals surface area (Å²) in [4.78, 5) is 30.7. The van der Waals surface area contributed by atoms with Gasteiger partial charge in [0.05, 0.1) is 12.6 Å². The van der Waals surface area contributed by atoms with E-state index >= 15 is 0 Å². The first-order chi connectivity index (χ1) is 16.0. The lowest BCUT2D eigenvalue weighted by Crippen LogP contribution is -2.29. The second-order valence-corrected chi connectivity index (χ2v) is 7.86. The highest BCUT2D eigenvalue weighted by atomic mass is 16.5. The Kier molecular flexibility index (Phi) is 6.36. The molecule has 166 valence electrons. The number of nitrogens with zero attached hydrogens (tertiary/aromatic N) is 1. The summed E-state index contributed by atoms with van der Waals surface area (Å²) in [6.07, 6.45) is 5.15. The average Bonchev–Trinajstić information content (AvgIpc) is 3.08. The molecule has 0 saturated carbocycles. The number of carbonyl (C=O) groups excluding carboxylic acids is 2. The maximum absolute atomic E-state index is 13.5. The number of aryl methyl sites for hydroxylation is 1. The van der Waals surface area contributed by atoms with Gasteiger partial charge in [-0.15, -0.1) is 0 Å². The molecular formula is C27H24N2O4. The summed E-state index contributed by atoms with van der Waals surface area (Å²) in [7, 11) is 0. The van der Waals surface area contributed by atoms with E-state index in [9.17, 15) is 14.7 Å². The molecule has 0 spiro atoms. The molecule has 1 aromatic heterocycles. The fourth-order valence-corrected chi connectivity index (χ4v) is 3.90. The smallest absolute Gasteiger partial charge is 0.295 e. The maximum Gasteiger partial charge on any atom is 0.295 e. The molecule has 2 aromatic carbocycles. The van der Waals surface area contributed by atoms with E-state index in [1.165, 1.54) is 4.90 Å². The molecule has 1 N–H and O–H groups in total. The SMILES string of the molecule is C=CCOc1cccc(C2C(=C([O-])c3ccc(C)cc3)C(=O)C(=O)N2Cc2ccc[nH+]c2)c1. The van der Waals surface area contributed by atoms with Crippen LogP contribution in [0.4, 0.5) is 0 Å². The van der Waals surface area contributed by atoms with Gasteiger partial charge < -0.3 is 14.7 Å². The first-order valence-corrected chi connectivity index (χ1v) is 10.6. The van der Waals surface area contributed by atoms with Crippen molar-refractivity contribution in [3.05, 3.63) is 114 Å². The molecule has 1 saturated heterocycles. The van der Waals surface area contributed by atoms with Crippen molar-refractivity contribution in [2.75, 3.05) is 6.61 Å². The number of ether oxygens (including phenoxy) is 1. The van der Waals surface area contributed by atoms with Gasteiger partial charge in [-0.2, -0.15) is 0 Å². The fourth-order valence-electron chi connectivity index (χ4n) is 3.90. The zero-order valence-electron chi connectivity index (χ0n) is 18.3. The zero-order valence-corrected chi connectivity index (χ0v) is 18.3. The summed E-state index contributed by atoms with van der Waals surface area (Å²) in [6, 6.07) is 16.9. The number of Topliss-reactive ketones (excluding diaryl/α,β-unsaturated/α-hetero) is 1. The van der Waals surface area contributed by atoms with Crippen molar-refractivity contribution < 1.29 is 24.4 Å². The van der Waals surface area contributed by atoms with Gasteiger partial charge in [-0.3, -0.25) is 9.59 Å². The van der Waals surface area contributed by atoms with Crippen LogP contribution in [0.5, 0.6) is 5.75 Å². The van der Waals surface area contributed by atoms with Gasteiger partial charge in [0.1, 0.15) is 12.4 Å². The topological polar surface area (TPSA) is 83.8 Å². The second kappa shape index (κ2) is 9.53. The summed E-state index contributed by atoms with van der Waals surface area (Å²) < 4.78 is 5.65. The fraction of sp³-hybridized carbons (Fsp3) is 0.148. The molecule has 3 aromatic rings. The van der Waals surface area contributed by atoms with Crippen LogP contribution < -0.4 is 14.8 Å². The molecular weight excluding hydrogens is 416 g/mol. The highest BCUT2D eigenvalue weighted by Gasteiger charge is 2.44. The number of aromatic nitrogens is 1. The van der Waals surface area contributed by atoms with Crippen LogP contribution in [0.25, 0.3) is 5.76 Å². The number of amides is 1. The Morgan fingerprint density at radius 2 is 1.94 bits per heavy atom. The number of hydrogen-bond acceptors (Lipinski definition) is 4. The second-order valence-electron chi connectivity index (χ2n) is 7.86. The molecule has 0 aliphatic carbocycles. The number of benzene rings is 2. The van der Waals surface area contributed by atoms with E-state index in [0.29, 0.717) is 23.5 Å². The average molecular weight is 440 g/mol. The normalized spacial score (nSPS) is 17.2. The number of ketones is 1. The van der Waals surface area contributed by atoms with Crippen LogP contribution in [0, 0.1) is 6.92 Å². The lowest BCUT2D eigenvalue weighted by molar-refractivity contribution is -0.378. The summed E-state index contributed by atoms with van der Waals surface area (Å²) in [5.41, 5.74) is 2.76. The highest BCUT2D eigenvalue weighted by Crippen LogP contribution is 2.40. The summed E-state index contributed by atoms with van der Waals surface area (Å²) >= 11 is 0. The summed E-state index contributed by atoms with van der Waals surface area (Å²) in [5, 5.41) is 13.5. The van der Waals surface area contributed by atoms with Crippen molar-refractivity contribution in [3.8, 4) is 5.75 Å². The van der Waals surface area contributed by atoms with Gasteiger partial charge >= 0.3 is 0 Å². The highest BCUT2D eigenvalue weighted by molar-refractivity contribution is 6.46. The van der Waals surface area contributed by atoms with Crippen LogP contribution >= 0.6 is 0 Å². The predicted octanol–water partition coefficient (Wildman–Crippen LogP) is 2.80. The summed E-state index contributed by atoms with van der Waals surface area (Å²) in [6.45, 7) is 6.06. The monoisotopic (exact) mass is 440 g/mol. The van der Waals surface area contributed by atoms with E-state index in [1.807, 2.05) is 31.2 Å². The minimum Gasteiger partial charge on any atom is -0.872 e. The maximum atomic E-state index is 13.5. The largest absolute Gasteiger partial charge is 0.872 e. The third-order valence-corrected chi connectivity index (χ3v) is 5.51. The molecule has 0 radical (unpaired) electrons. The van der Waals surface area contributed by atoms with Gasteiger partial charge in [0, 0.05) is 17.2 Å². The number of pyridine rings is 1. The number of rotatable bonds is 7. The third kappa shape index (κ3) is 4.55. The lowest BCUT2D eigenvalue weighted by atomic mass is 9.94. The number of aromatic amines is 1. The molecule has 4 rings (SSSR count). The Bertz CT molecular complexity index is 1220. The van der Waals surface area contributed by atoms with Gasteiger partial charge in [-0.05, 0) is 36.2 Å². The lowest BCUT2D eigenvalue weighted by Gasteiger charge is -2.27. The third-order valence-electron chi connectivity index (χ3n) is 5.51. The van der Waals surface area contributed by atoms with Crippen LogP contribution in [0.15, 0.2) is 91.3 Å². The van der Waals surface area contributed by atoms with Crippen molar-refractivity contribution in [2.24, 2.45) is 0 Å². The molecule has 1 aliphatic heterocycles.